The summed E-state index contributed by atoms with van der Waals surface area (Å²) >= 11 is 0. The lowest BCUT2D eigenvalue weighted by Gasteiger charge is -2.37. The van der Waals surface area contributed by atoms with E-state index in [2.05, 4.69) is 10.2 Å². The molecule has 1 aromatic rings. The maximum Gasteiger partial charge on any atom is 0.419 e. The van der Waals surface area contributed by atoms with Crippen LogP contribution in [-0.4, -0.2) is 61.0 Å². The number of nitrogens with zero attached hydrogens (tertiary/aromatic N) is 2. The average Bonchev–Trinajstić information content (AvgIpc) is 3.08. The van der Waals surface area contributed by atoms with E-state index in [1.54, 1.807) is 0 Å². The van der Waals surface area contributed by atoms with E-state index in [4.69, 9.17) is 0 Å². The summed E-state index contributed by atoms with van der Waals surface area (Å²) in [7, 11) is 0. The van der Waals surface area contributed by atoms with Crippen LogP contribution < -0.4 is 5.32 Å². The van der Waals surface area contributed by atoms with Gasteiger partial charge >= 0.3 is 6.18 Å². The molecule has 24 heavy (non-hydrogen) atoms. The Labute approximate surface area is 137 Å². The fraction of sp³-hybridized carbons (Fsp3) is 0.562. The van der Waals surface area contributed by atoms with Gasteiger partial charge < -0.3 is 10.2 Å². The molecule has 132 valence electrons. The molecule has 1 aromatic carbocycles. The van der Waals surface area contributed by atoms with Gasteiger partial charge in [0.1, 0.15) is 5.82 Å². The third kappa shape index (κ3) is 3.39. The molecule has 2 saturated heterocycles. The second-order valence-electron chi connectivity index (χ2n) is 6.14. The lowest BCUT2D eigenvalue weighted by Crippen LogP contribution is -2.52. The number of nitrogens with one attached hydrogen (secondary N) is 1. The number of carbonyl (C=O) groups is 1. The van der Waals surface area contributed by atoms with E-state index < -0.39 is 29.0 Å². The first-order valence-corrected chi connectivity index (χ1v) is 7.97. The van der Waals surface area contributed by atoms with E-state index in [1.165, 1.54) is 4.90 Å². The smallest absolute Gasteiger partial charge is 0.336 e. The molecule has 2 fully saturated rings. The van der Waals surface area contributed by atoms with Crippen molar-refractivity contribution in [2.75, 3.05) is 39.3 Å². The summed E-state index contributed by atoms with van der Waals surface area (Å²) in [6.45, 7) is 3.98. The highest BCUT2D eigenvalue weighted by Crippen LogP contribution is 2.32. The minimum absolute atomic E-state index is 0.394. The molecule has 1 atom stereocenters. The quantitative estimate of drug-likeness (QED) is 0.833. The normalized spacial score (nSPS) is 22.8. The summed E-state index contributed by atoms with van der Waals surface area (Å²) in [5.74, 6) is -2.17. The highest BCUT2D eigenvalue weighted by Gasteiger charge is 2.37. The fourth-order valence-corrected chi connectivity index (χ4v) is 3.33. The number of alkyl halides is 3. The summed E-state index contributed by atoms with van der Waals surface area (Å²) in [4.78, 5) is 16.1. The number of carbonyl (C=O) groups excluding carboxylic acids is 1. The van der Waals surface area contributed by atoms with Crippen LogP contribution in [0.25, 0.3) is 0 Å². The third-order valence-corrected chi connectivity index (χ3v) is 4.69. The fourth-order valence-electron chi connectivity index (χ4n) is 3.33. The molecule has 2 heterocycles. The van der Waals surface area contributed by atoms with Crippen molar-refractivity contribution < 1.29 is 22.4 Å². The first-order valence-electron chi connectivity index (χ1n) is 7.97. The van der Waals surface area contributed by atoms with Crippen LogP contribution in [0.4, 0.5) is 17.6 Å². The number of amides is 1. The molecule has 8 heteroatoms. The predicted molar refractivity (Wildman–Crippen MR) is 80.2 cm³/mol. The van der Waals surface area contributed by atoms with Gasteiger partial charge in [-0.2, -0.15) is 13.2 Å². The minimum atomic E-state index is -4.81. The van der Waals surface area contributed by atoms with Crippen molar-refractivity contribution in [2.45, 2.75) is 18.6 Å². The van der Waals surface area contributed by atoms with Gasteiger partial charge in [-0.3, -0.25) is 9.69 Å². The highest BCUT2D eigenvalue weighted by molar-refractivity contribution is 5.94. The SMILES string of the molecule is O=C(c1cccc(C(F)(F)F)c1F)N1CCN(C2CCNC2)CC1. The van der Waals surface area contributed by atoms with Crippen molar-refractivity contribution in [3.63, 3.8) is 0 Å². The number of hydrogen-bond acceptors (Lipinski definition) is 3. The van der Waals surface area contributed by atoms with Gasteiger partial charge in [0.05, 0.1) is 11.1 Å². The van der Waals surface area contributed by atoms with Crippen molar-refractivity contribution in [2.24, 2.45) is 0 Å². The van der Waals surface area contributed by atoms with E-state index in [9.17, 15) is 22.4 Å². The summed E-state index contributed by atoms with van der Waals surface area (Å²) in [6.07, 6.45) is -3.76. The Bertz CT molecular complexity index is 606. The lowest BCUT2D eigenvalue weighted by atomic mass is 10.1. The molecular formula is C16H19F4N3O. The number of benzene rings is 1. The van der Waals surface area contributed by atoms with Crippen LogP contribution >= 0.6 is 0 Å². The van der Waals surface area contributed by atoms with Crippen LogP contribution in [0.5, 0.6) is 0 Å². The number of piperazine rings is 1. The molecule has 0 bridgehead atoms. The van der Waals surface area contributed by atoms with Gasteiger partial charge in [-0.15, -0.1) is 0 Å². The molecule has 4 nitrogen and oxygen atoms in total. The van der Waals surface area contributed by atoms with Gasteiger partial charge in [-0.1, -0.05) is 6.07 Å². The molecular weight excluding hydrogens is 326 g/mol. The Morgan fingerprint density at radius 1 is 1.17 bits per heavy atom. The van der Waals surface area contributed by atoms with Crippen LogP contribution in [0, 0.1) is 5.82 Å². The van der Waals surface area contributed by atoms with Crippen LogP contribution in [0.1, 0.15) is 22.3 Å². The van der Waals surface area contributed by atoms with E-state index >= 15 is 0 Å². The molecule has 0 spiro atoms. The summed E-state index contributed by atoms with van der Waals surface area (Å²) < 4.78 is 52.5. The van der Waals surface area contributed by atoms with Crippen LogP contribution in [0.15, 0.2) is 18.2 Å². The summed E-state index contributed by atoms with van der Waals surface area (Å²) in [5, 5.41) is 3.28. The maximum atomic E-state index is 14.1. The van der Waals surface area contributed by atoms with Crippen LogP contribution in [-0.2, 0) is 6.18 Å². The van der Waals surface area contributed by atoms with Gasteiger partial charge in [-0.05, 0) is 25.1 Å². The minimum Gasteiger partial charge on any atom is -0.336 e. The molecule has 0 aliphatic carbocycles. The number of halogens is 4. The number of hydrogen-bond donors (Lipinski definition) is 1. The molecule has 1 unspecified atom stereocenters. The average molecular weight is 345 g/mol. The van der Waals surface area contributed by atoms with E-state index in [1.807, 2.05) is 0 Å². The highest BCUT2D eigenvalue weighted by atomic mass is 19.4. The molecule has 0 saturated carbocycles. The van der Waals surface area contributed by atoms with Crippen molar-refractivity contribution in [1.29, 1.82) is 0 Å². The van der Waals surface area contributed by atoms with Crippen molar-refractivity contribution >= 4 is 5.91 Å². The molecule has 0 aromatic heterocycles. The molecule has 3 rings (SSSR count). The van der Waals surface area contributed by atoms with Gasteiger partial charge in [0.2, 0.25) is 0 Å². The Balaban J connectivity index is 1.69. The Morgan fingerprint density at radius 3 is 2.46 bits per heavy atom. The molecule has 2 aliphatic rings. The lowest BCUT2D eigenvalue weighted by molar-refractivity contribution is -0.140. The molecule has 1 amide bonds. The van der Waals surface area contributed by atoms with E-state index in [-0.39, 0.29) is 0 Å². The Kier molecular flexibility index (Phi) is 4.78. The third-order valence-electron chi connectivity index (χ3n) is 4.69. The zero-order valence-electron chi connectivity index (χ0n) is 13.1. The van der Waals surface area contributed by atoms with E-state index in [0.29, 0.717) is 38.3 Å². The largest absolute Gasteiger partial charge is 0.419 e. The van der Waals surface area contributed by atoms with Crippen molar-refractivity contribution in [1.82, 2.24) is 15.1 Å². The number of rotatable bonds is 2. The van der Waals surface area contributed by atoms with Gasteiger partial charge in [-0.25, -0.2) is 4.39 Å². The first kappa shape index (κ1) is 17.2. The topological polar surface area (TPSA) is 35.6 Å². The maximum absolute atomic E-state index is 14.1. The van der Waals surface area contributed by atoms with Crippen molar-refractivity contribution in [3.05, 3.63) is 35.1 Å². The second kappa shape index (κ2) is 6.68. The zero-order valence-corrected chi connectivity index (χ0v) is 13.1. The molecule has 0 radical (unpaired) electrons. The predicted octanol–water partition coefficient (Wildman–Crippen LogP) is 1.96. The Morgan fingerprint density at radius 2 is 1.88 bits per heavy atom. The van der Waals surface area contributed by atoms with Gasteiger partial charge in [0.15, 0.2) is 0 Å². The van der Waals surface area contributed by atoms with E-state index in [0.717, 1.165) is 31.6 Å². The zero-order chi connectivity index (χ0) is 17.3. The summed E-state index contributed by atoms with van der Waals surface area (Å²) in [5.41, 5.74) is -1.91. The van der Waals surface area contributed by atoms with Gasteiger partial charge in [0.25, 0.3) is 5.91 Å². The Hall–Kier alpha value is -1.67. The van der Waals surface area contributed by atoms with Gasteiger partial charge in [0, 0.05) is 38.8 Å². The molecule has 2 aliphatic heterocycles. The first-order chi connectivity index (χ1) is 11.4. The monoisotopic (exact) mass is 345 g/mol. The second-order valence-corrected chi connectivity index (χ2v) is 6.14. The summed E-state index contributed by atoms with van der Waals surface area (Å²) in [6, 6.07) is 3.27. The van der Waals surface area contributed by atoms with Crippen LogP contribution in [0.3, 0.4) is 0 Å². The van der Waals surface area contributed by atoms with Crippen molar-refractivity contribution in [3.8, 4) is 0 Å². The van der Waals surface area contributed by atoms with Crippen LogP contribution in [0.2, 0.25) is 0 Å². The molecule has 1 N–H and O–H groups in total. The standard InChI is InChI=1S/C16H19F4N3O/c17-14-12(2-1-3-13(14)16(18,19)20)15(24)23-8-6-22(7-9-23)11-4-5-21-10-11/h1-3,11,21H,4-10H2.